The van der Waals surface area contributed by atoms with Gasteiger partial charge in [0, 0.05) is 24.2 Å². The first-order valence-corrected chi connectivity index (χ1v) is 6.46. The van der Waals surface area contributed by atoms with Crippen molar-refractivity contribution in [2.24, 2.45) is 0 Å². The van der Waals surface area contributed by atoms with Crippen LogP contribution >= 0.6 is 11.3 Å². The zero-order valence-corrected chi connectivity index (χ0v) is 10.6. The predicted octanol–water partition coefficient (Wildman–Crippen LogP) is 2.23. The maximum absolute atomic E-state index is 8.93. The number of aliphatic hydroxyl groups is 1. The third-order valence-electron chi connectivity index (χ3n) is 2.48. The Morgan fingerprint density at radius 3 is 2.47 bits per heavy atom. The molecule has 0 aliphatic heterocycles. The Morgan fingerprint density at radius 1 is 1.18 bits per heavy atom. The number of aromatic nitrogens is 1. The molecule has 1 aromatic heterocycles. The highest BCUT2D eigenvalue weighted by atomic mass is 32.1. The first-order chi connectivity index (χ1) is 8.28. The Hall–Kier alpha value is -1.23. The zero-order chi connectivity index (χ0) is 12.1. The third-order valence-corrected chi connectivity index (χ3v) is 3.44. The summed E-state index contributed by atoms with van der Waals surface area (Å²) in [5.41, 5.74) is 3.25. The second-order valence-electron chi connectivity index (χ2n) is 3.96. The van der Waals surface area contributed by atoms with E-state index in [0.717, 1.165) is 29.4 Å². The molecule has 0 fully saturated rings. The number of aryl methyl sites for hydroxylation is 1. The van der Waals surface area contributed by atoms with Crippen LogP contribution < -0.4 is 5.32 Å². The minimum atomic E-state index is 0.103. The average Bonchev–Trinajstić information content (AvgIpc) is 2.76. The van der Waals surface area contributed by atoms with Crippen LogP contribution in [0.15, 0.2) is 29.6 Å². The molecule has 2 N–H and O–H groups in total. The second kappa shape index (κ2) is 5.91. The van der Waals surface area contributed by atoms with E-state index >= 15 is 0 Å². The van der Waals surface area contributed by atoms with E-state index < -0.39 is 0 Å². The van der Waals surface area contributed by atoms with Gasteiger partial charge in [-0.3, -0.25) is 0 Å². The lowest BCUT2D eigenvalue weighted by Gasteiger charge is -2.03. The number of hydrogen-bond acceptors (Lipinski definition) is 4. The van der Waals surface area contributed by atoms with Gasteiger partial charge in [0.1, 0.15) is 5.01 Å². The summed E-state index contributed by atoms with van der Waals surface area (Å²) in [7, 11) is 0. The lowest BCUT2D eigenvalue weighted by Crippen LogP contribution is -2.12. The van der Waals surface area contributed by atoms with E-state index in [1.807, 2.05) is 31.2 Å². The summed E-state index contributed by atoms with van der Waals surface area (Å²) in [5.74, 6) is 0. The van der Waals surface area contributed by atoms with Crippen molar-refractivity contribution in [1.29, 1.82) is 0 Å². The van der Waals surface area contributed by atoms with Gasteiger partial charge >= 0.3 is 0 Å². The second-order valence-corrected chi connectivity index (χ2v) is 4.90. The monoisotopic (exact) mass is 248 g/mol. The van der Waals surface area contributed by atoms with Crippen LogP contribution in [-0.2, 0) is 19.7 Å². The van der Waals surface area contributed by atoms with Crippen molar-refractivity contribution in [2.45, 2.75) is 26.6 Å². The molecular weight excluding hydrogens is 232 g/mol. The van der Waals surface area contributed by atoms with E-state index in [4.69, 9.17) is 5.11 Å². The van der Waals surface area contributed by atoms with Crippen LogP contribution in [0.1, 0.15) is 21.8 Å². The van der Waals surface area contributed by atoms with Crippen LogP contribution in [0.25, 0.3) is 0 Å². The molecule has 0 radical (unpaired) electrons. The average molecular weight is 248 g/mol. The van der Waals surface area contributed by atoms with Gasteiger partial charge in [-0.2, -0.15) is 0 Å². The molecule has 2 rings (SSSR count). The molecule has 1 heterocycles. The minimum Gasteiger partial charge on any atom is -0.392 e. The van der Waals surface area contributed by atoms with Crippen molar-refractivity contribution in [3.8, 4) is 0 Å². The minimum absolute atomic E-state index is 0.103. The molecule has 0 atom stereocenters. The van der Waals surface area contributed by atoms with E-state index in [1.165, 1.54) is 5.56 Å². The van der Waals surface area contributed by atoms with Gasteiger partial charge in [0.2, 0.25) is 0 Å². The van der Waals surface area contributed by atoms with Gasteiger partial charge in [-0.15, -0.1) is 11.3 Å². The Morgan fingerprint density at radius 2 is 1.88 bits per heavy atom. The molecule has 0 aliphatic rings. The van der Waals surface area contributed by atoms with E-state index in [-0.39, 0.29) is 6.61 Å². The molecule has 0 unspecified atom stereocenters. The van der Waals surface area contributed by atoms with E-state index in [0.29, 0.717) is 0 Å². The number of hydrogen-bond donors (Lipinski definition) is 2. The van der Waals surface area contributed by atoms with Crippen molar-refractivity contribution >= 4 is 11.3 Å². The largest absolute Gasteiger partial charge is 0.392 e. The fourth-order valence-electron chi connectivity index (χ4n) is 1.56. The molecule has 0 saturated carbocycles. The van der Waals surface area contributed by atoms with Crippen LogP contribution in [-0.4, -0.2) is 10.1 Å². The van der Waals surface area contributed by atoms with Crippen molar-refractivity contribution < 1.29 is 5.11 Å². The highest BCUT2D eigenvalue weighted by Crippen LogP contribution is 2.09. The molecule has 90 valence electrons. The van der Waals surface area contributed by atoms with Crippen molar-refractivity contribution in [1.82, 2.24) is 10.3 Å². The highest BCUT2D eigenvalue weighted by molar-refractivity contribution is 7.09. The standard InChI is InChI=1S/C13H16N2OS/c1-10-9-17-13(15-10)7-14-6-11-2-4-12(8-16)5-3-11/h2-5,9,14,16H,6-8H2,1H3. The molecule has 4 heteroatoms. The highest BCUT2D eigenvalue weighted by Gasteiger charge is 1.98. The number of thiazole rings is 1. The molecule has 1 aromatic carbocycles. The number of nitrogens with one attached hydrogen (secondary N) is 1. The summed E-state index contributed by atoms with van der Waals surface area (Å²) in [6.07, 6.45) is 0. The van der Waals surface area contributed by atoms with E-state index in [9.17, 15) is 0 Å². The molecule has 17 heavy (non-hydrogen) atoms. The topological polar surface area (TPSA) is 45.1 Å². The molecule has 2 aromatic rings. The van der Waals surface area contributed by atoms with Gasteiger partial charge in [-0.05, 0) is 18.1 Å². The summed E-state index contributed by atoms with van der Waals surface area (Å²) in [6.45, 7) is 3.74. The van der Waals surface area contributed by atoms with Crippen LogP contribution in [0.2, 0.25) is 0 Å². The molecule has 0 aliphatic carbocycles. The quantitative estimate of drug-likeness (QED) is 0.853. The number of benzene rings is 1. The van der Waals surface area contributed by atoms with Gasteiger partial charge < -0.3 is 10.4 Å². The first-order valence-electron chi connectivity index (χ1n) is 5.58. The smallest absolute Gasteiger partial charge is 0.107 e. The van der Waals surface area contributed by atoms with Crippen molar-refractivity contribution in [3.05, 3.63) is 51.5 Å². The van der Waals surface area contributed by atoms with E-state index in [1.54, 1.807) is 11.3 Å². The van der Waals surface area contributed by atoms with Crippen LogP contribution in [0.3, 0.4) is 0 Å². The maximum Gasteiger partial charge on any atom is 0.107 e. The molecule has 0 bridgehead atoms. The van der Waals surface area contributed by atoms with Crippen LogP contribution in [0.4, 0.5) is 0 Å². The van der Waals surface area contributed by atoms with Gasteiger partial charge in [0.05, 0.1) is 6.61 Å². The van der Waals surface area contributed by atoms with E-state index in [2.05, 4.69) is 15.7 Å². The number of nitrogens with zero attached hydrogens (tertiary/aromatic N) is 1. The summed E-state index contributed by atoms with van der Waals surface area (Å²) >= 11 is 1.68. The Bertz CT molecular complexity index is 465. The fourth-order valence-corrected chi connectivity index (χ4v) is 2.30. The Labute approximate surface area is 105 Å². The Kier molecular flexibility index (Phi) is 4.25. The summed E-state index contributed by atoms with van der Waals surface area (Å²) < 4.78 is 0. The van der Waals surface area contributed by atoms with Gasteiger partial charge in [0.25, 0.3) is 0 Å². The number of aliphatic hydroxyl groups excluding tert-OH is 1. The predicted molar refractivity (Wildman–Crippen MR) is 69.8 cm³/mol. The zero-order valence-electron chi connectivity index (χ0n) is 9.81. The molecular formula is C13H16N2OS. The number of rotatable bonds is 5. The SMILES string of the molecule is Cc1csc(CNCc2ccc(CO)cc2)n1. The van der Waals surface area contributed by atoms with Crippen molar-refractivity contribution in [2.75, 3.05) is 0 Å². The third kappa shape index (κ3) is 3.63. The molecule has 0 saturated heterocycles. The summed E-state index contributed by atoms with van der Waals surface area (Å²) in [5, 5.41) is 15.5. The first kappa shape index (κ1) is 12.2. The maximum atomic E-state index is 8.93. The molecule has 0 spiro atoms. The lowest BCUT2D eigenvalue weighted by molar-refractivity contribution is 0.282. The normalized spacial score (nSPS) is 10.7. The van der Waals surface area contributed by atoms with Crippen LogP contribution in [0.5, 0.6) is 0 Å². The van der Waals surface area contributed by atoms with Gasteiger partial charge in [0.15, 0.2) is 0 Å². The molecule has 3 nitrogen and oxygen atoms in total. The Balaban J connectivity index is 1.81. The van der Waals surface area contributed by atoms with Crippen molar-refractivity contribution in [3.63, 3.8) is 0 Å². The summed E-state index contributed by atoms with van der Waals surface area (Å²) in [6, 6.07) is 7.96. The van der Waals surface area contributed by atoms with Crippen LogP contribution in [0, 0.1) is 6.92 Å². The fraction of sp³-hybridized carbons (Fsp3) is 0.308. The van der Waals surface area contributed by atoms with Gasteiger partial charge in [-0.25, -0.2) is 4.98 Å². The molecule has 0 amide bonds. The summed E-state index contributed by atoms with van der Waals surface area (Å²) in [4.78, 5) is 4.39. The van der Waals surface area contributed by atoms with Gasteiger partial charge in [-0.1, -0.05) is 24.3 Å². The lowest BCUT2D eigenvalue weighted by atomic mass is 10.1.